The number of nitrogens with two attached hydrogens (primary N) is 1. The number of hydrogen-bond acceptors (Lipinski definition) is 2. The number of rotatable bonds is 4. The van der Waals surface area contributed by atoms with Crippen molar-refractivity contribution in [2.45, 2.75) is 12.8 Å². The number of aryl methyl sites for hydroxylation is 1. The number of pyridine rings is 1. The molecular formula is C10H14N2. The van der Waals surface area contributed by atoms with E-state index in [4.69, 9.17) is 5.73 Å². The molecule has 2 N–H and O–H groups in total. The Kier molecular flexibility index (Phi) is 3.48. The molecule has 12 heavy (non-hydrogen) atoms. The third kappa shape index (κ3) is 2.17. The molecule has 1 rings (SSSR count). The summed E-state index contributed by atoms with van der Waals surface area (Å²) in [5, 5.41) is 0. The van der Waals surface area contributed by atoms with Gasteiger partial charge in [-0.05, 0) is 37.1 Å². The van der Waals surface area contributed by atoms with Crippen molar-refractivity contribution in [3.05, 3.63) is 36.2 Å². The molecule has 0 fully saturated rings. The van der Waals surface area contributed by atoms with Gasteiger partial charge in [0.1, 0.15) is 0 Å². The van der Waals surface area contributed by atoms with E-state index in [-0.39, 0.29) is 0 Å². The smallest absolute Gasteiger partial charge is 0.0655 e. The monoisotopic (exact) mass is 162 g/mol. The number of hydrogen-bond donors (Lipinski definition) is 1. The average molecular weight is 162 g/mol. The maximum atomic E-state index is 5.42. The van der Waals surface area contributed by atoms with Crippen LogP contribution in [0.3, 0.4) is 0 Å². The lowest BCUT2D eigenvalue weighted by Crippen LogP contribution is -2.01. The van der Waals surface area contributed by atoms with Crippen molar-refractivity contribution in [3.63, 3.8) is 0 Å². The van der Waals surface area contributed by atoms with E-state index in [1.807, 2.05) is 6.07 Å². The average Bonchev–Trinajstić information content (AvgIpc) is 2.15. The van der Waals surface area contributed by atoms with Gasteiger partial charge in [-0.25, -0.2) is 0 Å². The largest absolute Gasteiger partial charge is 0.330 e. The summed E-state index contributed by atoms with van der Waals surface area (Å²) in [7, 11) is 0. The molecule has 1 heterocycles. The van der Waals surface area contributed by atoms with Crippen LogP contribution in [0.2, 0.25) is 0 Å². The van der Waals surface area contributed by atoms with Crippen LogP contribution in [0.1, 0.15) is 17.7 Å². The minimum absolute atomic E-state index is 0.728. The second-order valence-electron chi connectivity index (χ2n) is 2.64. The third-order valence-corrected chi connectivity index (χ3v) is 1.77. The van der Waals surface area contributed by atoms with Crippen LogP contribution in [0.4, 0.5) is 0 Å². The molecular weight excluding hydrogens is 148 g/mol. The first-order chi connectivity index (χ1) is 5.88. The topological polar surface area (TPSA) is 38.9 Å². The summed E-state index contributed by atoms with van der Waals surface area (Å²) >= 11 is 0. The number of nitrogens with zero attached hydrogens (tertiary/aromatic N) is 1. The normalized spacial score (nSPS) is 9.75. The highest BCUT2D eigenvalue weighted by molar-refractivity contribution is 5.46. The quantitative estimate of drug-likeness (QED) is 0.730. The first-order valence-electron chi connectivity index (χ1n) is 4.15. The van der Waals surface area contributed by atoms with E-state index in [0.29, 0.717) is 0 Å². The predicted octanol–water partition coefficient (Wildman–Crippen LogP) is 1.62. The van der Waals surface area contributed by atoms with Gasteiger partial charge in [0, 0.05) is 6.20 Å². The SMILES string of the molecule is C=Cc1ncccc1CCCN. The van der Waals surface area contributed by atoms with Crippen LogP contribution in [-0.2, 0) is 6.42 Å². The highest BCUT2D eigenvalue weighted by Crippen LogP contribution is 2.08. The van der Waals surface area contributed by atoms with E-state index in [2.05, 4.69) is 17.6 Å². The zero-order chi connectivity index (χ0) is 8.81. The van der Waals surface area contributed by atoms with E-state index < -0.39 is 0 Å². The van der Waals surface area contributed by atoms with Crippen molar-refractivity contribution in [2.24, 2.45) is 5.73 Å². The van der Waals surface area contributed by atoms with Crippen molar-refractivity contribution in [1.29, 1.82) is 0 Å². The maximum Gasteiger partial charge on any atom is 0.0655 e. The van der Waals surface area contributed by atoms with Gasteiger partial charge in [0.05, 0.1) is 5.69 Å². The highest BCUT2D eigenvalue weighted by atomic mass is 14.7. The molecule has 0 bridgehead atoms. The van der Waals surface area contributed by atoms with Gasteiger partial charge in [0.15, 0.2) is 0 Å². The fraction of sp³-hybridized carbons (Fsp3) is 0.300. The Labute approximate surface area is 73.1 Å². The molecule has 2 heteroatoms. The van der Waals surface area contributed by atoms with Crippen molar-refractivity contribution < 1.29 is 0 Å². The van der Waals surface area contributed by atoms with E-state index in [1.165, 1.54) is 5.56 Å². The van der Waals surface area contributed by atoms with Gasteiger partial charge in [-0.15, -0.1) is 0 Å². The van der Waals surface area contributed by atoms with Crippen molar-refractivity contribution in [1.82, 2.24) is 4.98 Å². The van der Waals surface area contributed by atoms with E-state index in [9.17, 15) is 0 Å². The molecule has 0 aliphatic rings. The summed E-state index contributed by atoms with van der Waals surface area (Å²) in [6.07, 6.45) is 5.56. The van der Waals surface area contributed by atoms with Crippen LogP contribution in [0, 0.1) is 0 Å². The summed E-state index contributed by atoms with van der Waals surface area (Å²) in [5.41, 5.74) is 7.63. The lowest BCUT2D eigenvalue weighted by molar-refractivity contribution is 0.827. The molecule has 0 aromatic carbocycles. The second kappa shape index (κ2) is 4.67. The Morgan fingerprint density at radius 3 is 3.08 bits per heavy atom. The molecule has 0 saturated heterocycles. The molecule has 0 saturated carbocycles. The van der Waals surface area contributed by atoms with Gasteiger partial charge in [-0.1, -0.05) is 12.6 Å². The van der Waals surface area contributed by atoms with Gasteiger partial charge in [0.2, 0.25) is 0 Å². The van der Waals surface area contributed by atoms with Crippen LogP contribution in [0.5, 0.6) is 0 Å². The molecule has 64 valence electrons. The molecule has 0 unspecified atom stereocenters. The van der Waals surface area contributed by atoms with Crippen molar-refractivity contribution in [2.75, 3.05) is 6.54 Å². The zero-order valence-electron chi connectivity index (χ0n) is 7.16. The molecule has 0 atom stereocenters. The first kappa shape index (κ1) is 8.94. The van der Waals surface area contributed by atoms with Gasteiger partial charge in [-0.3, -0.25) is 4.98 Å². The molecule has 1 aromatic heterocycles. The Bertz CT molecular complexity index is 256. The van der Waals surface area contributed by atoms with E-state index in [0.717, 1.165) is 25.1 Å². The Morgan fingerprint density at radius 2 is 2.42 bits per heavy atom. The Hall–Kier alpha value is -1.15. The predicted molar refractivity (Wildman–Crippen MR) is 51.7 cm³/mol. The van der Waals surface area contributed by atoms with Gasteiger partial charge < -0.3 is 5.73 Å². The molecule has 0 aliphatic heterocycles. The molecule has 0 spiro atoms. The number of aromatic nitrogens is 1. The third-order valence-electron chi connectivity index (χ3n) is 1.77. The lowest BCUT2D eigenvalue weighted by atomic mass is 10.1. The molecule has 0 radical (unpaired) electrons. The summed E-state index contributed by atoms with van der Waals surface area (Å²) in [6.45, 7) is 4.43. The lowest BCUT2D eigenvalue weighted by Gasteiger charge is -2.02. The minimum atomic E-state index is 0.728. The van der Waals surface area contributed by atoms with E-state index >= 15 is 0 Å². The summed E-state index contributed by atoms with van der Waals surface area (Å²) < 4.78 is 0. The Balaban J connectivity index is 2.75. The summed E-state index contributed by atoms with van der Waals surface area (Å²) in [6, 6.07) is 4.01. The second-order valence-corrected chi connectivity index (χ2v) is 2.64. The standard InChI is InChI=1S/C10H14N2/c1-2-10-9(5-3-7-11)6-4-8-12-10/h2,4,6,8H,1,3,5,7,11H2. The van der Waals surface area contributed by atoms with Crippen LogP contribution < -0.4 is 5.73 Å². The summed E-state index contributed by atoms with van der Waals surface area (Å²) in [5.74, 6) is 0. The van der Waals surface area contributed by atoms with Crippen LogP contribution >= 0.6 is 0 Å². The van der Waals surface area contributed by atoms with E-state index in [1.54, 1.807) is 12.3 Å². The highest BCUT2D eigenvalue weighted by Gasteiger charge is 1.97. The molecule has 1 aromatic rings. The van der Waals surface area contributed by atoms with Gasteiger partial charge in [-0.2, -0.15) is 0 Å². The fourth-order valence-electron chi connectivity index (χ4n) is 1.14. The van der Waals surface area contributed by atoms with Crippen LogP contribution in [0.15, 0.2) is 24.9 Å². The van der Waals surface area contributed by atoms with Gasteiger partial charge >= 0.3 is 0 Å². The van der Waals surface area contributed by atoms with Crippen molar-refractivity contribution >= 4 is 6.08 Å². The van der Waals surface area contributed by atoms with Crippen LogP contribution in [-0.4, -0.2) is 11.5 Å². The van der Waals surface area contributed by atoms with Crippen LogP contribution in [0.25, 0.3) is 6.08 Å². The fourth-order valence-corrected chi connectivity index (χ4v) is 1.14. The summed E-state index contributed by atoms with van der Waals surface area (Å²) in [4.78, 5) is 4.19. The minimum Gasteiger partial charge on any atom is -0.330 e. The maximum absolute atomic E-state index is 5.42. The Morgan fingerprint density at radius 1 is 1.58 bits per heavy atom. The molecule has 2 nitrogen and oxygen atoms in total. The molecule has 0 amide bonds. The molecule has 0 aliphatic carbocycles. The van der Waals surface area contributed by atoms with Crippen molar-refractivity contribution in [3.8, 4) is 0 Å². The zero-order valence-corrected chi connectivity index (χ0v) is 7.16. The first-order valence-corrected chi connectivity index (χ1v) is 4.15. The van der Waals surface area contributed by atoms with Gasteiger partial charge in [0.25, 0.3) is 0 Å².